The van der Waals surface area contributed by atoms with E-state index in [2.05, 4.69) is 9.97 Å². The lowest BCUT2D eigenvalue weighted by Crippen LogP contribution is -2.24. The highest BCUT2D eigenvalue weighted by Gasteiger charge is 2.15. The highest BCUT2D eigenvalue weighted by Crippen LogP contribution is 2.30. The monoisotopic (exact) mass is 315 g/mol. The predicted octanol–water partition coefficient (Wildman–Crippen LogP) is 4.01. The maximum absolute atomic E-state index is 11.0. The zero-order chi connectivity index (χ0) is 15.7. The van der Waals surface area contributed by atoms with Crippen LogP contribution in [-0.4, -0.2) is 28.2 Å². The van der Waals surface area contributed by atoms with Crippen molar-refractivity contribution in [3.8, 4) is 0 Å². The van der Waals surface area contributed by atoms with Gasteiger partial charge in [0.1, 0.15) is 0 Å². The van der Waals surface area contributed by atoms with Crippen molar-refractivity contribution < 1.29 is 9.90 Å². The summed E-state index contributed by atoms with van der Waals surface area (Å²) in [6.45, 7) is 0. The van der Waals surface area contributed by atoms with Gasteiger partial charge in [0, 0.05) is 7.05 Å². The zero-order valence-electron chi connectivity index (χ0n) is 11.8. The summed E-state index contributed by atoms with van der Waals surface area (Å²) in [7, 11) is 1.44. The van der Waals surface area contributed by atoms with E-state index in [9.17, 15) is 4.79 Å². The highest BCUT2D eigenvalue weighted by atomic mass is 35.5. The Balaban J connectivity index is 1.98. The molecule has 2 aromatic carbocycles. The van der Waals surface area contributed by atoms with Gasteiger partial charge in [-0.05, 0) is 23.3 Å². The number of aromatic amines is 1. The molecule has 112 valence electrons. The number of benzene rings is 2. The molecule has 1 atom stereocenters. The summed E-state index contributed by atoms with van der Waals surface area (Å²) in [5.74, 6) is 0.283. The second-order valence-corrected chi connectivity index (χ2v) is 5.39. The maximum atomic E-state index is 11.0. The van der Waals surface area contributed by atoms with E-state index in [1.54, 1.807) is 0 Å². The molecule has 0 fully saturated rings. The van der Waals surface area contributed by atoms with Gasteiger partial charge in [0.05, 0.1) is 16.4 Å². The van der Waals surface area contributed by atoms with Crippen LogP contribution in [0.1, 0.15) is 16.5 Å². The first-order chi connectivity index (χ1) is 10.6. The Hall–Kier alpha value is -2.53. The Morgan fingerprint density at radius 2 is 1.95 bits per heavy atom. The molecule has 2 N–H and O–H groups in total. The van der Waals surface area contributed by atoms with Crippen molar-refractivity contribution >= 4 is 34.7 Å². The standard InChI is InChI=1S/C16H14ClN3O2/c1-20(16(21)22)15-18-12-8-7-11(9-13(12)19-15)14(17)10-5-3-2-4-6-10/h2-9,14H,1H3,(H,18,19)(H,21,22). The number of halogens is 1. The molecule has 0 spiro atoms. The number of carbonyl (C=O) groups is 1. The third-order valence-corrected chi connectivity index (χ3v) is 3.99. The van der Waals surface area contributed by atoms with Gasteiger partial charge in [-0.3, -0.25) is 4.90 Å². The number of anilines is 1. The van der Waals surface area contributed by atoms with Crippen LogP contribution in [0, 0.1) is 0 Å². The van der Waals surface area contributed by atoms with Crippen molar-refractivity contribution in [1.29, 1.82) is 0 Å². The smallest absolute Gasteiger partial charge is 0.413 e. The number of amides is 1. The summed E-state index contributed by atoms with van der Waals surface area (Å²) in [6, 6.07) is 15.4. The SMILES string of the molecule is CN(C(=O)O)c1nc2ccc(C(Cl)c3ccccc3)cc2[nH]1. The minimum absolute atomic E-state index is 0.269. The number of nitrogens with one attached hydrogen (secondary N) is 1. The van der Waals surface area contributed by atoms with E-state index in [1.807, 2.05) is 48.5 Å². The minimum Gasteiger partial charge on any atom is -0.465 e. The third-order valence-electron chi connectivity index (χ3n) is 3.48. The Morgan fingerprint density at radius 3 is 2.64 bits per heavy atom. The van der Waals surface area contributed by atoms with Gasteiger partial charge in [0.2, 0.25) is 5.95 Å². The van der Waals surface area contributed by atoms with Crippen molar-refractivity contribution in [2.75, 3.05) is 11.9 Å². The molecule has 3 aromatic rings. The third kappa shape index (κ3) is 2.63. The van der Waals surface area contributed by atoms with Crippen LogP contribution in [0.4, 0.5) is 10.7 Å². The summed E-state index contributed by atoms with van der Waals surface area (Å²) < 4.78 is 0. The number of H-pyrrole nitrogens is 1. The number of aromatic nitrogens is 2. The molecule has 22 heavy (non-hydrogen) atoms. The summed E-state index contributed by atoms with van der Waals surface area (Å²) in [4.78, 5) is 19.3. The van der Waals surface area contributed by atoms with E-state index in [-0.39, 0.29) is 11.3 Å². The molecule has 0 aliphatic rings. The summed E-state index contributed by atoms with van der Waals surface area (Å²) in [5.41, 5.74) is 3.38. The van der Waals surface area contributed by atoms with Gasteiger partial charge >= 0.3 is 6.09 Å². The fourth-order valence-electron chi connectivity index (χ4n) is 2.24. The van der Waals surface area contributed by atoms with Crippen LogP contribution in [0.2, 0.25) is 0 Å². The van der Waals surface area contributed by atoms with Crippen LogP contribution >= 0.6 is 11.6 Å². The number of hydrogen-bond donors (Lipinski definition) is 2. The molecule has 0 radical (unpaired) electrons. The summed E-state index contributed by atoms with van der Waals surface area (Å²) in [5, 5.41) is 8.73. The Bertz CT molecular complexity index is 817. The lowest BCUT2D eigenvalue weighted by atomic mass is 10.0. The van der Waals surface area contributed by atoms with Crippen molar-refractivity contribution in [2.45, 2.75) is 5.38 Å². The molecule has 6 heteroatoms. The molecule has 0 bridgehead atoms. The van der Waals surface area contributed by atoms with Crippen molar-refractivity contribution in [1.82, 2.24) is 9.97 Å². The summed E-state index contributed by atoms with van der Waals surface area (Å²) in [6.07, 6.45) is -1.07. The van der Waals surface area contributed by atoms with Gasteiger partial charge in [-0.1, -0.05) is 36.4 Å². The number of alkyl halides is 1. The number of hydrogen-bond acceptors (Lipinski definition) is 2. The first-order valence-electron chi connectivity index (χ1n) is 6.71. The molecular formula is C16H14ClN3O2. The number of nitrogens with zero attached hydrogens (tertiary/aromatic N) is 2. The van der Waals surface area contributed by atoms with Crippen LogP contribution in [0.3, 0.4) is 0 Å². The molecule has 3 rings (SSSR count). The fourth-order valence-corrected chi connectivity index (χ4v) is 2.52. The molecule has 0 aliphatic heterocycles. The van der Waals surface area contributed by atoms with E-state index in [1.165, 1.54) is 7.05 Å². The lowest BCUT2D eigenvalue weighted by molar-refractivity contribution is 0.203. The largest absolute Gasteiger partial charge is 0.465 e. The van der Waals surface area contributed by atoms with Crippen molar-refractivity contribution in [2.24, 2.45) is 0 Å². The second-order valence-electron chi connectivity index (χ2n) is 4.95. The molecule has 0 saturated carbocycles. The van der Waals surface area contributed by atoms with E-state index in [0.29, 0.717) is 5.52 Å². The normalized spacial score (nSPS) is 12.3. The maximum Gasteiger partial charge on any atom is 0.413 e. The molecule has 0 saturated heterocycles. The predicted molar refractivity (Wildman–Crippen MR) is 86.7 cm³/mol. The van der Waals surface area contributed by atoms with Crippen molar-refractivity contribution in [3.63, 3.8) is 0 Å². The lowest BCUT2D eigenvalue weighted by Gasteiger charge is -2.10. The number of fused-ring (bicyclic) bond motifs is 1. The fraction of sp³-hybridized carbons (Fsp3) is 0.125. The molecule has 0 aliphatic carbocycles. The van der Waals surface area contributed by atoms with Gasteiger partial charge < -0.3 is 10.1 Å². The summed E-state index contributed by atoms with van der Waals surface area (Å²) >= 11 is 6.51. The van der Waals surface area contributed by atoms with Crippen LogP contribution in [0.5, 0.6) is 0 Å². The minimum atomic E-state index is -1.07. The van der Waals surface area contributed by atoms with Crippen LogP contribution in [0.25, 0.3) is 11.0 Å². The van der Waals surface area contributed by atoms with Crippen LogP contribution in [-0.2, 0) is 0 Å². The Labute approximate surface area is 132 Å². The first-order valence-corrected chi connectivity index (χ1v) is 7.15. The van der Waals surface area contributed by atoms with E-state index in [0.717, 1.165) is 21.5 Å². The second kappa shape index (κ2) is 5.69. The number of carboxylic acid groups (broad SMARTS) is 1. The number of imidazole rings is 1. The van der Waals surface area contributed by atoms with E-state index >= 15 is 0 Å². The topological polar surface area (TPSA) is 69.2 Å². The van der Waals surface area contributed by atoms with Crippen LogP contribution < -0.4 is 4.90 Å². The van der Waals surface area contributed by atoms with Gasteiger partial charge in [-0.25, -0.2) is 9.78 Å². The van der Waals surface area contributed by atoms with Crippen LogP contribution in [0.15, 0.2) is 48.5 Å². The average Bonchev–Trinajstić information content (AvgIpc) is 2.97. The average molecular weight is 316 g/mol. The molecule has 1 amide bonds. The van der Waals surface area contributed by atoms with E-state index in [4.69, 9.17) is 16.7 Å². The zero-order valence-corrected chi connectivity index (χ0v) is 12.6. The van der Waals surface area contributed by atoms with Gasteiger partial charge in [0.15, 0.2) is 0 Å². The number of rotatable bonds is 3. The Morgan fingerprint density at radius 1 is 1.23 bits per heavy atom. The molecule has 1 aromatic heterocycles. The van der Waals surface area contributed by atoms with Gasteiger partial charge in [-0.15, -0.1) is 11.6 Å². The first kappa shape index (κ1) is 14.4. The molecule has 5 nitrogen and oxygen atoms in total. The highest BCUT2D eigenvalue weighted by molar-refractivity contribution is 6.22. The quantitative estimate of drug-likeness (QED) is 0.718. The molecule has 1 heterocycles. The van der Waals surface area contributed by atoms with Gasteiger partial charge in [-0.2, -0.15) is 0 Å². The Kier molecular flexibility index (Phi) is 3.73. The van der Waals surface area contributed by atoms with E-state index < -0.39 is 6.09 Å². The van der Waals surface area contributed by atoms with Gasteiger partial charge in [0.25, 0.3) is 0 Å². The van der Waals surface area contributed by atoms with Crippen molar-refractivity contribution in [3.05, 3.63) is 59.7 Å². The molecule has 1 unspecified atom stereocenters. The molecular weight excluding hydrogens is 302 g/mol.